The Hall–Kier alpha value is -2.74. The average molecular weight is 550 g/mol. The molecule has 0 aliphatic rings. The highest BCUT2D eigenvalue weighted by Gasteiger charge is 2.20. The van der Waals surface area contributed by atoms with Crippen molar-refractivity contribution in [2.75, 3.05) is 14.2 Å². The van der Waals surface area contributed by atoms with E-state index in [1.807, 2.05) is 48.5 Å². The Balaban J connectivity index is 0.000000186. The number of fused-ring (bicyclic) bond motifs is 2. The molecule has 4 rings (SSSR count). The Kier molecular flexibility index (Phi) is 8.24. The molecule has 0 aliphatic carbocycles. The van der Waals surface area contributed by atoms with E-state index in [2.05, 4.69) is 30.6 Å². The zero-order valence-corrected chi connectivity index (χ0v) is 21.1. The lowest BCUT2D eigenvalue weighted by atomic mass is 10.1. The minimum absolute atomic E-state index is 0.324. The van der Waals surface area contributed by atoms with Crippen molar-refractivity contribution in [1.82, 2.24) is 9.97 Å². The van der Waals surface area contributed by atoms with Crippen LogP contribution in [0.15, 0.2) is 48.5 Å². The van der Waals surface area contributed by atoms with Crippen molar-refractivity contribution in [3.63, 3.8) is 0 Å². The van der Waals surface area contributed by atoms with Crippen LogP contribution >= 0.6 is 39.1 Å². The van der Waals surface area contributed by atoms with Crippen LogP contribution in [0.5, 0.6) is 0 Å². The van der Waals surface area contributed by atoms with Gasteiger partial charge in [-0.2, -0.15) is 0 Å². The standard InChI is InChI=1S/C12H9BrClNO2.C12H10ClNO2/c1-17-12(16)10-9(6-13)15-8-5-3-2-4-7(8)11(10)14;1-7-10(12(15)16-2)11(13)8-5-3-4-6-9(8)14-7/h2-5H,6H2,1H3;3-6H,1-2H3. The Morgan fingerprint density at radius 1 is 0.818 bits per heavy atom. The van der Waals surface area contributed by atoms with E-state index < -0.39 is 11.9 Å². The summed E-state index contributed by atoms with van der Waals surface area (Å²) in [6.45, 7) is 1.74. The molecule has 0 amide bonds. The van der Waals surface area contributed by atoms with Gasteiger partial charge in [0.05, 0.1) is 46.7 Å². The largest absolute Gasteiger partial charge is 0.465 e. The lowest BCUT2D eigenvalue weighted by molar-refractivity contribution is 0.0590. The van der Waals surface area contributed by atoms with Gasteiger partial charge in [-0.3, -0.25) is 9.97 Å². The number of aromatic nitrogens is 2. The second-order valence-corrected chi connectivity index (χ2v) is 8.10. The molecule has 2 heterocycles. The van der Waals surface area contributed by atoms with Crippen LogP contribution in [-0.2, 0) is 14.8 Å². The van der Waals surface area contributed by atoms with Crippen molar-refractivity contribution < 1.29 is 19.1 Å². The number of esters is 2. The summed E-state index contributed by atoms with van der Waals surface area (Å²) in [5.41, 5.74) is 3.36. The molecule has 0 radical (unpaired) electrons. The third-order valence-corrected chi connectivity index (χ3v) is 6.14. The lowest BCUT2D eigenvalue weighted by Crippen LogP contribution is -2.08. The van der Waals surface area contributed by atoms with Gasteiger partial charge in [-0.15, -0.1) is 0 Å². The van der Waals surface area contributed by atoms with E-state index in [4.69, 9.17) is 27.9 Å². The minimum atomic E-state index is -0.470. The Morgan fingerprint density at radius 3 is 1.79 bits per heavy atom. The molecule has 2 aromatic carbocycles. The van der Waals surface area contributed by atoms with E-state index in [0.717, 1.165) is 21.8 Å². The second kappa shape index (κ2) is 10.9. The predicted octanol–water partition coefficient (Wildman–Crippen LogP) is 6.55. The van der Waals surface area contributed by atoms with E-state index in [1.54, 1.807) is 6.92 Å². The van der Waals surface area contributed by atoms with E-state index in [-0.39, 0.29) is 0 Å². The minimum Gasteiger partial charge on any atom is -0.465 e. The van der Waals surface area contributed by atoms with Crippen LogP contribution in [0.4, 0.5) is 0 Å². The number of aryl methyl sites for hydroxylation is 1. The highest BCUT2D eigenvalue weighted by Crippen LogP contribution is 2.30. The number of halogens is 3. The first kappa shape index (κ1) is 24.9. The fourth-order valence-corrected chi connectivity index (χ4v) is 4.38. The Labute approximate surface area is 209 Å². The van der Waals surface area contributed by atoms with E-state index in [0.29, 0.717) is 37.9 Å². The van der Waals surface area contributed by atoms with Gasteiger partial charge in [0, 0.05) is 16.1 Å². The number of alkyl halides is 1. The molecule has 170 valence electrons. The van der Waals surface area contributed by atoms with Gasteiger partial charge in [-0.05, 0) is 19.1 Å². The summed E-state index contributed by atoms with van der Waals surface area (Å²) in [5, 5.41) is 2.74. The summed E-state index contributed by atoms with van der Waals surface area (Å²) in [6.07, 6.45) is 0. The molecule has 33 heavy (non-hydrogen) atoms. The predicted molar refractivity (Wildman–Crippen MR) is 134 cm³/mol. The third-order valence-electron chi connectivity index (χ3n) is 4.82. The van der Waals surface area contributed by atoms with Gasteiger partial charge >= 0.3 is 11.9 Å². The lowest BCUT2D eigenvalue weighted by Gasteiger charge is -2.09. The zero-order valence-electron chi connectivity index (χ0n) is 18.0. The number of nitrogens with zero attached hydrogens (tertiary/aromatic N) is 2. The Bertz CT molecular complexity index is 1360. The van der Waals surface area contributed by atoms with Gasteiger partial charge in [-0.1, -0.05) is 75.5 Å². The van der Waals surface area contributed by atoms with Gasteiger partial charge in [0.1, 0.15) is 11.1 Å². The molecule has 0 N–H and O–H groups in total. The molecule has 6 nitrogen and oxygen atoms in total. The van der Waals surface area contributed by atoms with Crippen LogP contribution in [0.1, 0.15) is 32.1 Å². The van der Waals surface area contributed by atoms with Crippen molar-refractivity contribution in [2.24, 2.45) is 0 Å². The van der Waals surface area contributed by atoms with Crippen molar-refractivity contribution in [3.8, 4) is 0 Å². The van der Waals surface area contributed by atoms with Crippen LogP contribution in [0.25, 0.3) is 21.8 Å². The first-order valence-corrected chi connectivity index (χ1v) is 11.6. The summed E-state index contributed by atoms with van der Waals surface area (Å²) in [5.74, 6) is -0.927. The fraction of sp³-hybridized carbons (Fsp3) is 0.167. The van der Waals surface area contributed by atoms with Gasteiger partial charge in [0.2, 0.25) is 0 Å². The number of benzene rings is 2. The molecular formula is C24H19BrCl2N2O4. The quantitative estimate of drug-likeness (QED) is 0.213. The maximum atomic E-state index is 11.7. The van der Waals surface area contributed by atoms with Gasteiger partial charge in [0.25, 0.3) is 0 Å². The summed E-state index contributed by atoms with van der Waals surface area (Å²) in [4.78, 5) is 32.0. The molecule has 0 spiro atoms. The molecule has 0 atom stereocenters. The molecule has 0 aliphatic heterocycles. The van der Waals surface area contributed by atoms with Crippen LogP contribution in [-0.4, -0.2) is 36.1 Å². The molecule has 9 heteroatoms. The van der Waals surface area contributed by atoms with Crippen LogP contribution in [0, 0.1) is 6.92 Å². The summed E-state index contributed by atoms with van der Waals surface area (Å²) < 4.78 is 9.41. The highest BCUT2D eigenvalue weighted by molar-refractivity contribution is 9.08. The normalized spacial score (nSPS) is 10.5. The summed E-state index contributed by atoms with van der Waals surface area (Å²) in [6, 6.07) is 14.8. The number of hydrogen-bond acceptors (Lipinski definition) is 6. The number of methoxy groups -OCH3 is 2. The fourth-order valence-electron chi connectivity index (χ4n) is 3.25. The van der Waals surface area contributed by atoms with E-state index >= 15 is 0 Å². The molecular weight excluding hydrogens is 531 g/mol. The van der Waals surface area contributed by atoms with Crippen molar-refractivity contribution in [3.05, 3.63) is 81.1 Å². The SMILES string of the molecule is COC(=O)c1c(C)nc2ccccc2c1Cl.COC(=O)c1c(CBr)nc2ccccc2c1Cl. The summed E-state index contributed by atoms with van der Waals surface area (Å²) >= 11 is 15.7. The maximum Gasteiger partial charge on any atom is 0.341 e. The zero-order chi connectivity index (χ0) is 24.1. The van der Waals surface area contributed by atoms with Crippen molar-refractivity contribution in [1.29, 1.82) is 0 Å². The first-order valence-electron chi connectivity index (χ1n) is 9.68. The molecule has 0 saturated heterocycles. The van der Waals surface area contributed by atoms with Crippen LogP contribution in [0.2, 0.25) is 10.0 Å². The van der Waals surface area contributed by atoms with Gasteiger partial charge < -0.3 is 9.47 Å². The van der Waals surface area contributed by atoms with Gasteiger partial charge in [-0.25, -0.2) is 9.59 Å². The average Bonchev–Trinajstić information content (AvgIpc) is 2.83. The molecule has 0 bridgehead atoms. The van der Waals surface area contributed by atoms with Crippen molar-refractivity contribution in [2.45, 2.75) is 12.3 Å². The van der Waals surface area contributed by atoms with Crippen LogP contribution < -0.4 is 0 Å². The molecule has 0 fully saturated rings. The number of pyridine rings is 2. The number of ether oxygens (including phenoxy) is 2. The van der Waals surface area contributed by atoms with E-state index in [1.165, 1.54) is 14.2 Å². The molecule has 0 saturated carbocycles. The smallest absolute Gasteiger partial charge is 0.341 e. The monoisotopic (exact) mass is 548 g/mol. The number of para-hydroxylation sites is 2. The number of carbonyl (C=O) groups is 2. The molecule has 0 unspecified atom stereocenters. The number of hydrogen-bond donors (Lipinski definition) is 0. The topological polar surface area (TPSA) is 78.4 Å². The van der Waals surface area contributed by atoms with Crippen LogP contribution in [0.3, 0.4) is 0 Å². The molecule has 2 aromatic heterocycles. The first-order chi connectivity index (χ1) is 15.8. The highest BCUT2D eigenvalue weighted by atomic mass is 79.9. The number of rotatable bonds is 3. The second-order valence-electron chi connectivity index (χ2n) is 6.78. The Morgan fingerprint density at radius 2 is 1.27 bits per heavy atom. The summed E-state index contributed by atoms with van der Waals surface area (Å²) in [7, 11) is 2.65. The third kappa shape index (κ3) is 5.11. The maximum absolute atomic E-state index is 11.7. The number of carbonyl (C=O) groups excluding carboxylic acids is 2. The van der Waals surface area contributed by atoms with Crippen molar-refractivity contribution >= 4 is 72.9 Å². The van der Waals surface area contributed by atoms with Gasteiger partial charge in [0.15, 0.2) is 0 Å². The van der Waals surface area contributed by atoms with E-state index in [9.17, 15) is 9.59 Å². The molecule has 4 aromatic rings.